The third-order valence-electron chi connectivity index (χ3n) is 5.43. The molecule has 1 N–H and O–H groups in total. The molecule has 0 aliphatic carbocycles. The quantitative estimate of drug-likeness (QED) is 0.652. The van der Waals surface area contributed by atoms with Crippen molar-refractivity contribution in [1.29, 1.82) is 0 Å². The highest BCUT2D eigenvalue weighted by molar-refractivity contribution is 5.94. The van der Waals surface area contributed by atoms with E-state index in [0.717, 1.165) is 36.9 Å². The minimum absolute atomic E-state index is 0.0639. The molecule has 2 heterocycles. The molecule has 0 radical (unpaired) electrons. The van der Waals surface area contributed by atoms with E-state index >= 15 is 0 Å². The van der Waals surface area contributed by atoms with Gasteiger partial charge in [0.1, 0.15) is 17.3 Å². The van der Waals surface area contributed by atoms with Crippen molar-refractivity contribution in [1.82, 2.24) is 10.1 Å². The SMILES string of the molecule is CCOC(=O)C1CCN(Cc2c(O)ccc3c(-c4ccc(F)cc4)noc23)CC1. The number of fused-ring (bicyclic) bond motifs is 1. The number of nitrogens with zero attached hydrogens (tertiary/aromatic N) is 2. The molecule has 1 aromatic heterocycles. The molecule has 1 aliphatic heterocycles. The Labute approximate surface area is 167 Å². The highest BCUT2D eigenvalue weighted by Crippen LogP contribution is 2.35. The number of esters is 1. The maximum Gasteiger partial charge on any atom is 0.309 e. The number of phenols is 1. The van der Waals surface area contributed by atoms with Crippen LogP contribution >= 0.6 is 0 Å². The second-order valence-electron chi connectivity index (χ2n) is 7.28. The molecule has 0 unspecified atom stereocenters. The fraction of sp³-hybridized carbons (Fsp3) is 0.364. The summed E-state index contributed by atoms with van der Waals surface area (Å²) in [4.78, 5) is 14.1. The van der Waals surface area contributed by atoms with Crippen molar-refractivity contribution in [2.24, 2.45) is 5.92 Å². The van der Waals surface area contributed by atoms with E-state index < -0.39 is 0 Å². The third kappa shape index (κ3) is 3.96. The number of hydrogen-bond donors (Lipinski definition) is 1. The van der Waals surface area contributed by atoms with Crippen LogP contribution in [-0.4, -0.2) is 40.8 Å². The van der Waals surface area contributed by atoms with Gasteiger partial charge < -0.3 is 14.4 Å². The Morgan fingerprint density at radius 3 is 2.66 bits per heavy atom. The van der Waals surface area contributed by atoms with Gasteiger partial charge in [-0.25, -0.2) is 4.39 Å². The molecular formula is C22H23FN2O4. The van der Waals surface area contributed by atoms with Gasteiger partial charge in [0.2, 0.25) is 0 Å². The number of carbonyl (C=O) groups excluding carboxylic acids is 1. The average molecular weight is 398 g/mol. The van der Waals surface area contributed by atoms with Crippen LogP contribution in [0.5, 0.6) is 5.75 Å². The van der Waals surface area contributed by atoms with Gasteiger partial charge in [-0.2, -0.15) is 0 Å². The van der Waals surface area contributed by atoms with Gasteiger partial charge >= 0.3 is 5.97 Å². The van der Waals surface area contributed by atoms with E-state index in [1.165, 1.54) is 12.1 Å². The molecule has 152 valence electrons. The van der Waals surface area contributed by atoms with Crippen molar-refractivity contribution in [2.45, 2.75) is 26.3 Å². The zero-order valence-electron chi connectivity index (χ0n) is 16.2. The first-order valence-corrected chi connectivity index (χ1v) is 9.82. The number of likely N-dealkylation sites (tertiary alicyclic amines) is 1. The first-order valence-electron chi connectivity index (χ1n) is 9.82. The van der Waals surface area contributed by atoms with Gasteiger partial charge in [-0.15, -0.1) is 0 Å². The summed E-state index contributed by atoms with van der Waals surface area (Å²) in [5.41, 5.74) is 2.55. The number of benzene rings is 2. The molecule has 0 amide bonds. The van der Waals surface area contributed by atoms with Gasteiger partial charge in [0, 0.05) is 12.1 Å². The van der Waals surface area contributed by atoms with Crippen LogP contribution in [0, 0.1) is 11.7 Å². The number of hydrogen-bond acceptors (Lipinski definition) is 6. The molecule has 7 heteroatoms. The van der Waals surface area contributed by atoms with Crippen LogP contribution in [0.1, 0.15) is 25.3 Å². The van der Waals surface area contributed by atoms with Crippen LogP contribution in [0.3, 0.4) is 0 Å². The Bertz CT molecular complexity index is 1010. The molecule has 0 spiro atoms. The number of piperidine rings is 1. The minimum Gasteiger partial charge on any atom is -0.507 e. The summed E-state index contributed by atoms with van der Waals surface area (Å²) in [6.07, 6.45) is 1.46. The molecule has 0 atom stereocenters. The second-order valence-corrected chi connectivity index (χ2v) is 7.28. The van der Waals surface area contributed by atoms with Crippen molar-refractivity contribution >= 4 is 16.9 Å². The van der Waals surface area contributed by atoms with Crippen LogP contribution in [0.25, 0.3) is 22.2 Å². The molecule has 29 heavy (non-hydrogen) atoms. The molecule has 1 fully saturated rings. The van der Waals surface area contributed by atoms with Gasteiger partial charge in [0.25, 0.3) is 0 Å². The fourth-order valence-corrected chi connectivity index (χ4v) is 3.83. The number of carbonyl (C=O) groups is 1. The van der Waals surface area contributed by atoms with E-state index in [2.05, 4.69) is 10.1 Å². The van der Waals surface area contributed by atoms with Gasteiger partial charge in [-0.3, -0.25) is 9.69 Å². The standard InChI is InChI=1S/C22H23FN2O4/c1-2-28-22(27)15-9-11-25(12-10-15)13-18-19(26)8-7-17-20(24-29-21(17)18)14-3-5-16(23)6-4-14/h3-8,15,26H,2,9-13H2,1H3. The van der Waals surface area contributed by atoms with E-state index in [9.17, 15) is 14.3 Å². The van der Waals surface area contributed by atoms with E-state index in [-0.39, 0.29) is 23.5 Å². The lowest BCUT2D eigenvalue weighted by atomic mass is 9.96. The first kappa shape index (κ1) is 19.4. The number of phenolic OH excluding ortho intramolecular Hbond substituents is 1. The van der Waals surface area contributed by atoms with Crippen LogP contribution in [0.15, 0.2) is 40.9 Å². The fourth-order valence-electron chi connectivity index (χ4n) is 3.83. The summed E-state index contributed by atoms with van der Waals surface area (Å²) < 4.78 is 23.9. The molecule has 0 bridgehead atoms. The predicted molar refractivity (Wildman–Crippen MR) is 106 cm³/mol. The topological polar surface area (TPSA) is 75.8 Å². The molecule has 4 rings (SSSR count). The highest BCUT2D eigenvalue weighted by Gasteiger charge is 2.27. The van der Waals surface area contributed by atoms with Crippen LogP contribution in [0.2, 0.25) is 0 Å². The van der Waals surface area contributed by atoms with Crippen molar-refractivity contribution < 1.29 is 23.6 Å². The summed E-state index contributed by atoms with van der Waals surface area (Å²) in [5, 5.41) is 15.4. The summed E-state index contributed by atoms with van der Waals surface area (Å²) in [6.45, 7) is 4.18. The van der Waals surface area contributed by atoms with Gasteiger partial charge in [0.05, 0.1) is 23.5 Å². The van der Waals surface area contributed by atoms with Crippen LogP contribution in [-0.2, 0) is 16.1 Å². The Morgan fingerprint density at radius 2 is 1.97 bits per heavy atom. The van der Waals surface area contributed by atoms with Crippen LogP contribution in [0.4, 0.5) is 4.39 Å². The minimum atomic E-state index is -0.314. The Balaban J connectivity index is 1.55. The van der Waals surface area contributed by atoms with E-state index in [0.29, 0.717) is 30.0 Å². The summed E-state index contributed by atoms with van der Waals surface area (Å²) >= 11 is 0. The number of rotatable bonds is 5. The molecule has 0 saturated carbocycles. The van der Waals surface area contributed by atoms with Gasteiger partial charge in [0.15, 0.2) is 5.58 Å². The Morgan fingerprint density at radius 1 is 1.24 bits per heavy atom. The lowest BCUT2D eigenvalue weighted by molar-refractivity contribution is -0.149. The first-order chi connectivity index (χ1) is 14.1. The Kier molecular flexibility index (Phi) is 5.49. The zero-order valence-corrected chi connectivity index (χ0v) is 16.2. The highest BCUT2D eigenvalue weighted by atomic mass is 19.1. The molecule has 3 aromatic rings. The third-order valence-corrected chi connectivity index (χ3v) is 5.43. The Hall–Kier alpha value is -2.93. The summed E-state index contributed by atoms with van der Waals surface area (Å²) in [6, 6.07) is 9.46. The lowest BCUT2D eigenvalue weighted by Crippen LogP contribution is -2.36. The zero-order chi connectivity index (χ0) is 20.4. The maximum atomic E-state index is 13.2. The summed E-state index contributed by atoms with van der Waals surface area (Å²) in [7, 11) is 0. The maximum absolute atomic E-state index is 13.2. The number of aromatic hydroxyl groups is 1. The number of halogens is 1. The van der Waals surface area contributed by atoms with E-state index in [4.69, 9.17) is 9.26 Å². The van der Waals surface area contributed by atoms with Crippen molar-refractivity contribution in [3.05, 3.63) is 47.8 Å². The van der Waals surface area contributed by atoms with Crippen molar-refractivity contribution in [3.63, 3.8) is 0 Å². The van der Waals surface area contributed by atoms with Crippen molar-refractivity contribution in [3.8, 4) is 17.0 Å². The van der Waals surface area contributed by atoms with Gasteiger partial charge in [-0.1, -0.05) is 5.16 Å². The molecule has 2 aromatic carbocycles. The summed E-state index contributed by atoms with van der Waals surface area (Å²) in [5.74, 6) is -0.361. The monoisotopic (exact) mass is 398 g/mol. The van der Waals surface area contributed by atoms with E-state index in [1.54, 1.807) is 24.3 Å². The second kappa shape index (κ2) is 8.21. The molecule has 6 nitrogen and oxygen atoms in total. The molecule has 1 aliphatic rings. The lowest BCUT2D eigenvalue weighted by Gasteiger charge is -2.30. The van der Waals surface area contributed by atoms with Crippen LogP contribution < -0.4 is 0 Å². The number of ether oxygens (including phenoxy) is 1. The smallest absolute Gasteiger partial charge is 0.309 e. The normalized spacial score (nSPS) is 15.7. The molecule has 1 saturated heterocycles. The van der Waals surface area contributed by atoms with Gasteiger partial charge in [-0.05, 0) is 69.3 Å². The number of aromatic nitrogens is 1. The largest absolute Gasteiger partial charge is 0.507 e. The van der Waals surface area contributed by atoms with E-state index in [1.807, 2.05) is 6.92 Å². The molecular weight excluding hydrogens is 375 g/mol. The van der Waals surface area contributed by atoms with Crippen molar-refractivity contribution in [2.75, 3.05) is 19.7 Å². The average Bonchev–Trinajstić information content (AvgIpc) is 3.16. The predicted octanol–water partition coefficient (Wildman–Crippen LogP) is 4.11.